The van der Waals surface area contributed by atoms with E-state index in [2.05, 4.69) is 51.5 Å². The maximum atomic E-state index is 5.94. The van der Waals surface area contributed by atoms with Gasteiger partial charge < -0.3 is 15.5 Å². The van der Waals surface area contributed by atoms with Gasteiger partial charge in [-0.1, -0.05) is 11.6 Å². The van der Waals surface area contributed by atoms with Crippen molar-refractivity contribution < 1.29 is 0 Å². The minimum Gasteiger partial charge on any atom is -0.372 e. The van der Waals surface area contributed by atoms with Crippen LogP contribution in [-0.2, 0) is 0 Å². The summed E-state index contributed by atoms with van der Waals surface area (Å²) in [5.41, 5.74) is 3.96. The van der Waals surface area contributed by atoms with Gasteiger partial charge in [-0.25, -0.2) is 4.98 Å². The Kier molecular flexibility index (Phi) is 6.14. The summed E-state index contributed by atoms with van der Waals surface area (Å²) in [4.78, 5) is 11.3. The molecule has 0 fully saturated rings. The molecule has 0 saturated heterocycles. The largest absolute Gasteiger partial charge is 0.372 e. The molecule has 1 aromatic heterocycles. The second-order valence-corrected chi connectivity index (χ2v) is 6.63. The van der Waals surface area contributed by atoms with Gasteiger partial charge in [-0.2, -0.15) is 4.98 Å². The minimum atomic E-state index is 0.557. The van der Waals surface area contributed by atoms with Crippen LogP contribution in [0.5, 0.6) is 0 Å². The molecule has 0 radical (unpaired) electrons. The molecule has 0 saturated carbocycles. The van der Waals surface area contributed by atoms with Crippen molar-refractivity contribution >= 4 is 40.4 Å². The fraction of sp³-hybridized carbons (Fsp3) is 0.238. The van der Waals surface area contributed by atoms with Crippen molar-refractivity contribution in [2.24, 2.45) is 0 Å². The first-order valence-electron chi connectivity index (χ1n) is 9.07. The fourth-order valence-electron chi connectivity index (χ4n) is 2.84. The Labute approximate surface area is 165 Å². The van der Waals surface area contributed by atoms with Crippen LogP contribution in [0.3, 0.4) is 0 Å². The molecule has 27 heavy (non-hydrogen) atoms. The van der Waals surface area contributed by atoms with E-state index in [1.54, 1.807) is 0 Å². The minimum absolute atomic E-state index is 0.557. The SMILES string of the molecule is CCN(CC)c1ccc(Nc2nc(C)cc(Nc3ccc(Cl)cc3)n2)cc1. The average molecular weight is 382 g/mol. The predicted molar refractivity (Wildman–Crippen MR) is 115 cm³/mol. The quantitative estimate of drug-likeness (QED) is 0.544. The third kappa shape index (κ3) is 5.11. The van der Waals surface area contributed by atoms with Gasteiger partial charge in [0.25, 0.3) is 0 Å². The van der Waals surface area contributed by atoms with Crippen molar-refractivity contribution in [2.75, 3.05) is 28.6 Å². The Morgan fingerprint density at radius 3 is 2.07 bits per heavy atom. The fourth-order valence-corrected chi connectivity index (χ4v) is 2.97. The Morgan fingerprint density at radius 2 is 1.44 bits per heavy atom. The molecule has 0 spiro atoms. The van der Waals surface area contributed by atoms with Crippen LogP contribution in [0.2, 0.25) is 5.02 Å². The Balaban J connectivity index is 1.75. The van der Waals surface area contributed by atoms with E-state index in [-0.39, 0.29) is 0 Å². The average Bonchev–Trinajstić information content (AvgIpc) is 2.65. The van der Waals surface area contributed by atoms with Crippen LogP contribution in [0.25, 0.3) is 0 Å². The number of aryl methyl sites for hydroxylation is 1. The summed E-state index contributed by atoms with van der Waals surface area (Å²) >= 11 is 5.94. The molecule has 0 bridgehead atoms. The number of rotatable bonds is 7. The van der Waals surface area contributed by atoms with E-state index in [4.69, 9.17) is 11.6 Å². The zero-order chi connectivity index (χ0) is 19.2. The van der Waals surface area contributed by atoms with E-state index in [1.165, 1.54) is 5.69 Å². The molecular weight excluding hydrogens is 358 g/mol. The molecule has 0 aliphatic rings. The molecule has 5 nitrogen and oxygen atoms in total. The van der Waals surface area contributed by atoms with E-state index in [0.717, 1.165) is 36.0 Å². The van der Waals surface area contributed by atoms with Crippen LogP contribution in [0, 0.1) is 6.92 Å². The normalized spacial score (nSPS) is 10.5. The van der Waals surface area contributed by atoms with Crippen LogP contribution < -0.4 is 15.5 Å². The van der Waals surface area contributed by atoms with Gasteiger partial charge in [0, 0.05) is 46.9 Å². The Morgan fingerprint density at radius 1 is 0.852 bits per heavy atom. The lowest BCUT2D eigenvalue weighted by Crippen LogP contribution is -2.21. The molecule has 0 unspecified atom stereocenters. The first-order chi connectivity index (χ1) is 13.1. The van der Waals surface area contributed by atoms with Gasteiger partial charge in [-0.15, -0.1) is 0 Å². The van der Waals surface area contributed by atoms with Crippen LogP contribution in [-0.4, -0.2) is 23.1 Å². The van der Waals surface area contributed by atoms with Gasteiger partial charge in [0.05, 0.1) is 0 Å². The van der Waals surface area contributed by atoms with Crippen LogP contribution >= 0.6 is 11.6 Å². The Bertz CT molecular complexity index is 874. The summed E-state index contributed by atoms with van der Waals surface area (Å²) in [5.74, 6) is 1.29. The second kappa shape index (κ2) is 8.73. The van der Waals surface area contributed by atoms with E-state index in [9.17, 15) is 0 Å². The molecule has 3 aromatic rings. The predicted octanol–water partition coefficient (Wildman–Crippen LogP) is 5.77. The van der Waals surface area contributed by atoms with Crippen LogP contribution in [0.1, 0.15) is 19.5 Å². The van der Waals surface area contributed by atoms with Crippen LogP contribution in [0.15, 0.2) is 54.6 Å². The van der Waals surface area contributed by atoms with E-state index < -0.39 is 0 Å². The highest BCUT2D eigenvalue weighted by molar-refractivity contribution is 6.30. The molecule has 2 N–H and O–H groups in total. The number of anilines is 5. The van der Waals surface area contributed by atoms with Gasteiger partial charge >= 0.3 is 0 Å². The molecule has 140 valence electrons. The highest BCUT2D eigenvalue weighted by Gasteiger charge is 2.05. The number of benzene rings is 2. The molecule has 1 heterocycles. The first-order valence-corrected chi connectivity index (χ1v) is 9.45. The summed E-state index contributed by atoms with van der Waals surface area (Å²) in [6.07, 6.45) is 0. The highest BCUT2D eigenvalue weighted by Crippen LogP contribution is 2.22. The molecule has 3 rings (SSSR count). The topological polar surface area (TPSA) is 53.1 Å². The zero-order valence-electron chi connectivity index (χ0n) is 15.8. The standard InChI is InChI=1S/C21H24ClN5/c1-4-27(5-2)19-12-10-18(11-13-19)25-21-23-15(3)14-20(26-21)24-17-8-6-16(22)7-9-17/h6-14H,4-5H2,1-3H3,(H2,23,24,25,26). The van der Waals surface area contributed by atoms with Gasteiger partial charge in [0.1, 0.15) is 5.82 Å². The number of aromatic nitrogens is 2. The monoisotopic (exact) mass is 381 g/mol. The van der Waals surface area contributed by atoms with E-state index >= 15 is 0 Å². The maximum Gasteiger partial charge on any atom is 0.229 e. The van der Waals surface area contributed by atoms with E-state index in [0.29, 0.717) is 11.0 Å². The lowest BCUT2D eigenvalue weighted by molar-refractivity contribution is 0.866. The second-order valence-electron chi connectivity index (χ2n) is 6.19. The summed E-state index contributed by atoms with van der Waals surface area (Å²) in [6, 6.07) is 17.7. The number of hydrogen-bond donors (Lipinski definition) is 2. The smallest absolute Gasteiger partial charge is 0.229 e. The maximum absolute atomic E-state index is 5.94. The Hall–Kier alpha value is -2.79. The van der Waals surface area contributed by atoms with Gasteiger partial charge in [-0.3, -0.25) is 0 Å². The van der Waals surface area contributed by atoms with Crippen molar-refractivity contribution in [3.05, 3.63) is 65.3 Å². The zero-order valence-corrected chi connectivity index (χ0v) is 16.6. The van der Waals surface area contributed by atoms with Crippen molar-refractivity contribution in [3.63, 3.8) is 0 Å². The molecule has 0 atom stereocenters. The van der Waals surface area contributed by atoms with Crippen molar-refractivity contribution in [1.29, 1.82) is 0 Å². The number of nitrogens with one attached hydrogen (secondary N) is 2. The summed E-state index contributed by atoms with van der Waals surface area (Å²) in [7, 11) is 0. The van der Waals surface area contributed by atoms with Crippen molar-refractivity contribution in [2.45, 2.75) is 20.8 Å². The molecule has 0 aliphatic carbocycles. The molecule has 0 amide bonds. The number of halogens is 1. The molecular formula is C21H24ClN5. The van der Waals surface area contributed by atoms with Crippen molar-refractivity contribution in [3.8, 4) is 0 Å². The molecule has 2 aromatic carbocycles. The number of hydrogen-bond acceptors (Lipinski definition) is 5. The molecule has 6 heteroatoms. The summed E-state index contributed by atoms with van der Waals surface area (Å²) in [5, 5.41) is 7.26. The third-order valence-corrected chi connectivity index (χ3v) is 4.47. The lowest BCUT2D eigenvalue weighted by Gasteiger charge is -2.21. The summed E-state index contributed by atoms with van der Waals surface area (Å²) < 4.78 is 0. The van der Waals surface area contributed by atoms with E-state index in [1.807, 2.05) is 49.4 Å². The van der Waals surface area contributed by atoms with Gasteiger partial charge in [0.15, 0.2) is 0 Å². The third-order valence-electron chi connectivity index (χ3n) is 4.22. The van der Waals surface area contributed by atoms with Crippen LogP contribution in [0.4, 0.5) is 28.8 Å². The van der Waals surface area contributed by atoms with Gasteiger partial charge in [0.2, 0.25) is 5.95 Å². The van der Waals surface area contributed by atoms with Gasteiger partial charge in [-0.05, 0) is 69.3 Å². The number of nitrogens with zero attached hydrogens (tertiary/aromatic N) is 3. The van der Waals surface area contributed by atoms with Crippen molar-refractivity contribution in [1.82, 2.24) is 9.97 Å². The lowest BCUT2D eigenvalue weighted by atomic mass is 10.2. The first kappa shape index (κ1) is 19.0. The molecule has 0 aliphatic heterocycles. The summed E-state index contributed by atoms with van der Waals surface area (Å²) in [6.45, 7) is 8.24. The highest BCUT2D eigenvalue weighted by atomic mass is 35.5.